The molecule has 2 aliphatic heterocycles. The molecule has 2 saturated heterocycles. The fourth-order valence-corrected chi connectivity index (χ4v) is 4.27. The highest BCUT2D eigenvalue weighted by atomic mass is 32.2. The predicted octanol–water partition coefficient (Wildman–Crippen LogP) is 1.35. The van der Waals surface area contributed by atoms with Crippen molar-refractivity contribution in [3.05, 3.63) is 35.4 Å². The Morgan fingerprint density at radius 1 is 1.00 bits per heavy atom. The molecular formula is C16H23N3O3S. The van der Waals surface area contributed by atoms with Crippen molar-refractivity contribution in [1.29, 1.82) is 0 Å². The first-order valence-electron chi connectivity index (χ1n) is 8.19. The Kier molecular flexibility index (Phi) is 4.99. The van der Waals surface area contributed by atoms with Gasteiger partial charge in [0.15, 0.2) is 0 Å². The summed E-state index contributed by atoms with van der Waals surface area (Å²) < 4.78 is 27.4. The van der Waals surface area contributed by atoms with Crippen LogP contribution < -0.4 is 4.72 Å². The zero-order valence-electron chi connectivity index (χ0n) is 13.2. The van der Waals surface area contributed by atoms with Crippen LogP contribution in [0.4, 0.5) is 0 Å². The largest absolute Gasteiger partial charge is 0.339 e. The maximum absolute atomic E-state index is 12.5. The molecule has 0 aliphatic carbocycles. The number of likely N-dealkylation sites (tertiary alicyclic amines) is 1. The molecule has 1 aromatic carbocycles. The molecule has 2 aliphatic rings. The number of hydrogen-bond acceptors (Lipinski definition) is 3. The minimum Gasteiger partial charge on any atom is -0.339 e. The summed E-state index contributed by atoms with van der Waals surface area (Å²) in [6.07, 6.45) is 4.54. The summed E-state index contributed by atoms with van der Waals surface area (Å²) in [6, 6.07) is 7.30. The number of benzene rings is 1. The molecule has 2 fully saturated rings. The van der Waals surface area contributed by atoms with Gasteiger partial charge in [-0.15, -0.1) is 0 Å². The van der Waals surface area contributed by atoms with Gasteiger partial charge >= 0.3 is 0 Å². The predicted molar refractivity (Wildman–Crippen MR) is 88.1 cm³/mol. The summed E-state index contributed by atoms with van der Waals surface area (Å²) in [4.78, 5) is 14.4. The SMILES string of the molecule is O=C(c1ccc(CN2CCNS2(=O)=O)cc1)N1CCCCCC1. The van der Waals surface area contributed by atoms with E-state index in [1.807, 2.05) is 17.0 Å². The molecule has 0 unspecified atom stereocenters. The minimum absolute atomic E-state index is 0.0777. The van der Waals surface area contributed by atoms with Crippen LogP contribution in [0.1, 0.15) is 41.6 Å². The van der Waals surface area contributed by atoms with Crippen LogP contribution in [0.5, 0.6) is 0 Å². The van der Waals surface area contributed by atoms with E-state index in [1.54, 1.807) is 12.1 Å². The van der Waals surface area contributed by atoms with Crippen LogP contribution in [0, 0.1) is 0 Å². The second-order valence-electron chi connectivity index (χ2n) is 6.14. The van der Waals surface area contributed by atoms with Crippen molar-refractivity contribution in [2.75, 3.05) is 26.2 Å². The zero-order chi connectivity index (χ0) is 16.3. The molecule has 0 aromatic heterocycles. The first kappa shape index (κ1) is 16.4. The van der Waals surface area contributed by atoms with Crippen molar-refractivity contribution in [2.24, 2.45) is 0 Å². The first-order valence-corrected chi connectivity index (χ1v) is 9.63. The lowest BCUT2D eigenvalue weighted by atomic mass is 10.1. The fourth-order valence-electron chi connectivity index (χ4n) is 3.09. The Bertz CT molecular complexity index is 650. The molecule has 7 heteroatoms. The van der Waals surface area contributed by atoms with Gasteiger partial charge in [0.05, 0.1) is 0 Å². The van der Waals surface area contributed by atoms with E-state index < -0.39 is 10.2 Å². The number of amides is 1. The van der Waals surface area contributed by atoms with Crippen LogP contribution in [0.3, 0.4) is 0 Å². The Hall–Kier alpha value is -1.44. The lowest BCUT2D eigenvalue weighted by Gasteiger charge is -2.20. The fraction of sp³-hybridized carbons (Fsp3) is 0.562. The molecule has 6 nitrogen and oxygen atoms in total. The van der Waals surface area contributed by atoms with Crippen LogP contribution in [0.15, 0.2) is 24.3 Å². The van der Waals surface area contributed by atoms with E-state index >= 15 is 0 Å². The third-order valence-corrected chi connectivity index (χ3v) is 6.00. The highest BCUT2D eigenvalue weighted by Crippen LogP contribution is 2.16. The number of nitrogens with one attached hydrogen (secondary N) is 1. The van der Waals surface area contributed by atoms with Gasteiger partial charge in [-0.05, 0) is 30.5 Å². The highest BCUT2D eigenvalue weighted by Gasteiger charge is 2.27. The van der Waals surface area contributed by atoms with E-state index in [1.165, 1.54) is 17.1 Å². The van der Waals surface area contributed by atoms with Crippen LogP contribution in [-0.4, -0.2) is 49.7 Å². The van der Waals surface area contributed by atoms with Gasteiger partial charge in [-0.3, -0.25) is 4.79 Å². The summed E-state index contributed by atoms with van der Waals surface area (Å²) in [7, 11) is -3.32. The van der Waals surface area contributed by atoms with Crippen LogP contribution in [0.25, 0.3) is 0 Å². The van der Waals surface area contributed by atoms with E-state index in [9.17, 15) is 13.2 Å². The van der Waals surface area contributed by atoms with Crippen molar-refractivity contribution in [3.63, 3.8) is 0 Å². The zero-order valence-corrected chi connectivity index (χ0v) is 14.0. The van der Waals surface area contributed by atoms with E-state index in [4.69, 9.17) is 0 Å². The molecule has 2 heterocycles. The highest BCUT2D eigenvalue weighted by molar-refractivity contribution is 7.87. The molecule has 1 aromatic rings. The minimum atomic E-state index is -3.32. The Morgan fingerprint density at radius 3 is 2.22 bits per heavy atom. The van der Waals surface area contributed by atoms with E-state index in [0.29, 0.717) is 25.2 Å². The van der Waals surface area contributed by atoms with Gasteiger partial charge in [0.2, 0.25) is 0 Å². The average Bonchev–Trinajstić information content (AvgIpc) is 2.76. The number of nitrogens with zero attached hydrogens (tertiary/aromatic N) is 2. The molecule has 0 bridgehead atoms. The lowest BCUT2D eigenvalue weighted by molar-refractivity contribution is 0.0761. The molecule has 23 heavy (non-hydrogen) atoms. The Balaban J connectivity index is 1.65. The summed E-state index contributed by atoms with van der Waals surface area (Å²) in [5, 5.41) is 0. The van der Waals surface area contributed by atoms with Crippen molar-refractivity contribution in [1.82, 2.24) is 13.9 Å². The standard InChI is InChI=1S/C16H23N3O3S/c20-16(18-10-3-1-2-4-11-18)15-7-5-14(6-8-15)13-19-12-9-17-23(19,21)22/h5-8,17H,1-4,9-13H2. The second-order valence-corrected chi connectivity index (χ2v) is 7.89. The van der Waals surface area contributed by atoms with Crippen molar-refractivity contribution < 1.29 is 13.2 Å². The molecule has 0 saturated carbocycles. The molecule has 0 radical (unpaired) electrons. The lowest BCUT2D eigenvalue weighted by Crippen LogP contribution is -2.32. The van der Waals surface area contributed by atoms with Gasteiger partial charge in [-0.1, -0.05) is 25.0 Å². The van der Waals surface area contributed by atoms with Gasteiger partial charge in [0.25, 0.3) is 16.1 Å². The van der Waals surface area contributed by atoms with E-state index in [0.717, 1.165) is 31.5 Å². The average molecular weight is 337 g/mol. The Labute approximate surface area is 137 Å². The van der Waals surface area contributed by atoms with Crippen LogP contribution in [-0.2, 0) is 16.8 Å². The maximum atomic E-state index is 12.5. The van der Waals surface area contributed by atoms with Crippen molar-refractivity contribution >= 4 is 16.1 Å². The van der Waals surface area contributed by atoms with Gasteiger partial charge in [0.1, 0.15) is 0 Å². The number of rotatable bonds is 3. The summed E-state index contributed by atoms with van der Waals surface area (Å²) >= 11 is 0. The Morgan fingerprint density at radius 2 is 1.65 bits per heavy atom. The van der Waals surface area contributed by atoms with Crippen LogP contribution in [0.2, 0.25) is 0 Å². The third kappa shape index (κ3) is 3.91. The van der Waals surface area contributed by atoms with Crippen LogP contribution >= 0.6 is 0 Å². The van der Waals surface area contributed by atoms with Gasteiger partial charge in [-0.25, -0.2) is 4.72 Å². The number of hydrogen-bond donors (Lipinski definition) is 1. The number of carbonyl (C=O) groups is 1. The smallest absolute Gasteiger partial charge is 0.279 e. The second kappa shape index (κ2) is 6.98. The van der Waals surface area contributed by atoms with Gasteiger partial charge in [0, 0.05) is 38.3 Å². The molecule has 0 spiro atoms. The molecule has 126 valence electrons. The molecule has 1 amide bonds. The first-order chi connectivity index (χ1) is 11.1. The summed E-state index contributed by atoms with van der Waals surface area (Å²) in [5.41, 5.74) is 1.57. The summed E-state index contributed by atoms with van der Waals surface area (Å²) in [6.45, 7) is 2.94. The van der Waals surface area contributed by atoms with Gasteiger partial charge < -0.3 is 4.90 Å². The van der Waals surface area contributed by atoms with Crippen molar-refractivity contribution in [2.45, 2.75) is 32.2 Å². The molecular weight excluding hydrogens is 314 g/mol. The topological polar surface area (TPSA) is 69.7 Å². The summed E-state index contributed by atoms with van der Waals surface area (Å²) in [5.74, 6) is 0.0777. The van der Waals surface area contributed by atoms with Crippen molar-refractivity contribution in [3.8, 4) is 0 Å². The monoisotopic (exact) mass is 337 g/mol. The number of carbonyl (C=O) groups excluding carboxylic acids is 1. The molecule has 3 rings (SSSR count). The molecule has 0 atom stereocenters. The third-order valence-electron chi connectivity index (χ3n) is 4.44. The quantitative estimate of drug-likeness (QED) is 0.905. The maximum Gasteiger partial charge on any atom is 0.279 e. The van der Waals surface area contributed by atoms with E-state index in [-0.39, 0.29) is 5.91 Å². The van der Waals surface area contributed by atoms with E-state index in [2.05, 4.69) is 4.72 Å². The molecule has 1 N–H and O–H groups in total. The normalized spacial score (nSPS) is 22.0. The van der Waals surface area contributed by atoms with Gasteiger partial charge in [-0.2, -0.15) is 12.7 Å².